The predicted octanol–water partition coefficient (Wildman–Crippen LogP) is 3.81. The van der Waals surface area contributed by atoms with Crippen molar-refractivity contribution in [2.75, 3.05) is 21.3 Å². The van der Waals surface area contributed by atoms with Gasteiger partial charge in [-0.2, -0.15) is 0 Å². The molecule has 0 amide bonds. The van der Waals surface area contributed by atoms with E-state index in [1.165, 1.54) is 6.92 Å². The fraction of sp³-hybridized carbons (Fsp3) is 0.450. The summed E-state index contributed by atoms with van der Waals surface area (Å²) in [6.07, 6.45) is 0.580. The average Bonchev–Trinajstić information content (AvgIpc) is 2.58. The molecule has 0 bridgehead atoms. The number of ether oxygens (including phenoxy) is 5. The summed E-state index contributed by atoms with van der Waals surface area (Å²) >= 11 is 0. The first-order chi connectivity index (χ1) is 12.4. The van der Waals surface area contributed by atoms with Crippen LogP contribution in [0.25, 0.3) is 10.8 Å². The minimum atomic E-state index is -0.401. The lowest BCUT2D eigenvalue weighted by Gasteiger charge is -2.31. The summed E-state index contributed by atoms with van der Waals surface area (Å²) in [7, 11) is 4.73. The molecule has 0 N–H and O–H groups in total. The van der Waals surface area contributed by atoms with Crippen LogP contribution < -0.4 is 18.9 Å². The van der Waals surface area contributed by atoms with E-state index < -0.39 is 5.97 Å². The van der Waals surface area contributed by atoms with Gasteiger partial charge in [-0.1, -0.05) is 0 Å². The fourth-order valence-electron chi connectivity index (χ4n) is 3.70. The van der Waals surface area contributed by atoms with Crippen molar-refractivity contribution in [1.82, 2.24) is 0 Å². The molecule has 2 aromatic rings. The van der Waals surface area contributed by atoms with Crippen molar-refractivity contribution in [3.05, 3.63) is 23.3 Å². The number of carbonyl (C=O) groups excluding carboxylic acids is 1. The number of rotatable bonds is 4. The standard InChI is InChI=1S/C20H24O6/c1-10-7-13-8-14-18(15(22-4)9-16(23-5)19(14)24-6)20(26-12(3)21)17(13)11(2)25-10/h8-11H,7H2,1-6H3/t10-,11+/m0/s1. The number of esters is 1. The van der Waals surface area contributed by atoms with Crippen LogP contribution in [0.2, 0.25) is 0 Å². The van der Waals surface area contributed by atoms with Gasteiger partial charge in [0.25, 0.3) is 0 Å². The van der Waals surface area contributed by atoms with Gasteiger partial charge >= 0.3 is 5.97 Å². The van der Waals surface area contributed by atoms with E-state index in [4.69, 9.17) is 23.7 Å². The summed E-state index contributed by atoms with van der Waals surface area (Å²) in [6, 6.07) is 3.79. The first kappa shape index (κ1) is 18.3. The van der Waals surface area contributed by atoms with Crippen LogP contribution in [0.4, 0.5) is 0 Å². The van der Waals surface area contributed by atoms with Gasteiger partial charge in [0, 0.05) is 23.9 Å². The molecule has 0 spiro atoms. The van der Waals surface area contributed by atoms with Gasteiger partial charge in [0.05, 0.1) is 38.9 Å². The minimum absolute atomic E-state index is 0.0682. The number of carbonyl (C=O) groups is 1. The van der Waals surface area contributed by atoms with Crippen molar-refractivity contribution in [2.45, 2.75) is 39.4 Å². The van der Waals surface area contributed by atoms with Gasteiger partial charge < -0.3 is 23.7 Å². The van der Waals surface area contributed by atoms with E-state index in [1.807, 2.05) is 13.8 Å². The van der Waals surface area contributed by atoms with Gasteiger partial charge in [-0.15, -0.1) is 0 Å². The maximum atomic E-state index is 11.8. The molecule has 0 fully saturated rings. The van der Waals surface area contributed by atoms with Crippen molar-refractivity contribution < 1.29 is 28.5 Å². The second-order valence-electron chi connectivity index (χ2n) is 6.40. The van der Waals surface area contributed by atoms with E-state index in [0.717, 1.165) is 16.5 Å². The van der Waals surface area contributed by atoms with E-state index in [1.54, 1.807) is 27.4 Å². The second-order valence-corrected chi connectivity index (χ2v) is 6.40. The van der Waals surface area contributed by atoms with E-state index >= 15 is 0 Å². The fourth-order valence-corrected chi connectivity index (χ4v) is 3.70. The molecule has 0 saturated heterocycles. The third-order valence-electron chi connectivity index (χ3n) is 4.62. The molecule has 140 valence electrons. The molecule has 26 heavy (non-hydrogen) atoms. The first-order valence-electron chi connectivity index (χ1n) is 8.53. The van der Waals surface area contributed by atoms with Crippen LogP contribution in [0.1, 0.15) is 38.0 Å². The van der Waals surface area contributed by atoms with Crippen molar-refractivity contribution >= 4 is 16.7 Å². The Labute approximate surface area is 152 Å². The maximum absolute atomic E-state index is 11.8. The molecule has 0 radical (unpaired) electrons. The van der Waals surface area contributed by atoms with E-state index in [-0.39, 0.29) is 12.2 Å². The molecule has 0 unspecified atom stereocenters. The van der Waals surface area contributed by atoms with Crippen LogP contribution in [-0.2, 0) is 16.0 Å². The van der Waals surface area contributed by atoms with Crippen LogP contribution in [-0.4, -0.2) is 33.4 Å². The largest absolute Gasteiger partial charge is 0.496 e. The van der Waals surface area contributed by atoms with Gasteiger partial charge in [0.2, 0.25) is 0 Å². The van der Waals surface area contributed by atoms with Gasteiger partial charge in [-0.05, 0) is 31.9 Å². The number of benzene rings is 2. The second kappa shape index (κ2) is 7.03. The minimum Gasteiger partial charge on any atom is -0.496 e. The summed E-state index contributed by atoms with van der Waals surface area (Å²) in [6.45, 7) is 5.37. The van der Waals surface area contributed by atoms with E-state index in [2.05, 4.69) is 6.07 Å². The smallest absolute Gasteiger partial charge is 0.308 e. The topological polar surface area (TPSA) is 63.2 Å². The molecule has 2 atom stereocenters. The Morgan fingerprint density at radius 3 is 2.31 bits per heavy atom. The lowest BCUT2D eigenvalue weighted by molar-refractivity contribution is -0.132. The summed E-state index contributed by atoms with van der Waals surface area (Å²) in [5, 5.41) is 1.45. The van der Waals surface area contributed by atoms with Crippen molar-refractivity contribution in [1.29, 1.82) is 0 Å². The summed E-state index contributed by atoms with van der Waals surface area (Å²) in [4.78, 5) is 11.8. The summed E-state index contributed by atoms with van der Waals surface area (Å²) < 4.78 is 28.3. The SMILES string of the molecule is COc1cc(OC)c2c(OC(C)=O)c3c(cc2c1OC)C[C@H](C)O[C@@H]3C. The molecule has 2 aromatic carbocycles. The highest BCUT2D eigenvalue weighted by Gasteiger charge is 2.31. The molecule has 6 nitrogen and oxygen atoms in total. The van der Waals surface area contributed by atoms with Crippen molar-refractivity contribution in [2.24, 2.45) is 0 Å². The van der Waals surface area contributed by atoms with Crippen LogP contribution in [0.3, 0.4) is 0 Å². The molecule has 6 heteroatoms. The van der Waals surface area contributed by atoms with Crippen LogP contribution in [0.5, 0.6) is 23.0 Å². The van der Waals surface area contributed by atoms with Gasteiger partial charge in [-0.3, -0.25) is 4.79 Å². The Morgan fingerprint density at radius 1 is 1.04 bits per heavy atom. The van der Waals surface area contributed by atoms with Crippen molar-refractivity contribution in [3.8, 4) is 23.0 Å². The number of hydrogen-bond donors (Lipinski definition) is 0. The van der Waals surface area contributed by atoms with Gasteiger partial charge in [0.1, 0.15) is 11.5 Å². The van der Waals surface area contributed by atoms with Crippen LogP contribution in [0, 0.1) is 0 Å². The first-order valence-corrected chi connectivity index (χ1v) is 8.53. The summed E-state index contributed by atoms with van der Waals surface area (Å²) in [5.41, 5.74) is 1.94. The Bertz CT molecular complexity index is 857. The van der Waals surface area contributed by atoms with E-state index in [9.17, 15) is 4.79 Å². The van der Waals surface area contributed by atoms with Gasteiger partial charge in [0.15, 0.2) is 11.5 Å². The number of hydrogen-bond acceptors (Lipinski definition) is 6. The third-order valence-corrected chi connectivity index (χ3v) is 4.62. The molecule has 1 aliphatic heterocycles. The molecule has 0 aromatic heterocycles. The summed E-state index contributed by atoms with van der Waals surface area (Å²) in [5.74, 6) is 1.73. The van der Waals surface area contributed by atoms with Crippen LogP contribution >= 0.6 is 0 Å². The average molecular weight is 360 g/mol. The lowest BCUT2D eigenvalue weighted by Crippen LogP contribution is -2.23. The Kier molecular flexibility index (Phi) is 4.96. The Hall–Kier alpha value is -2.47. The zero-order valence-corrected chi connectivity index (χ0v) is 16.0. The molecular weight excluding hydrogens is 336 g/mol. The van der Waals surface area contributed by atoms with Crippen molar-refractivity contribution in [3.63, 3.8) is 0 Å². The Morgan fingerprint density at radius 2 is 1.73 bits per heavy atom. The molecule has 1 heterocycles. The molecule has 1 aliphatic rings. The molecule has 0 saturated carbocycles. The predicted molar refractivity (Wildman–Crippen MR) is 97.6 cm³/mol. The zero-order valence-electron chi connectivity index (χ0n) is 16.0. The highest BCUT2D eigenvalue weighted by molar-refractivity contribution is 6.02. The molecule has 3 rings (SSSR count). The normalized spacial score (nSPS) is 19.0. The highest BCUT2D eigenvalue weighted by Crippen LogP contribution is 2.50. The van der Waals surface area contributed by atoms with Crippen LogP contribution in [0.15, 0.2) is 12.1 Å². The Balaban J connectivity index is 2.47. The van der Waals surface area contributed by atoms with Gasteiger partial charge in [-0.25, -0.2) is 0 Å². The maximum Gasteiger partial charge on any atom is 0.308 e. The third kappa shape index (κ3) is 2.94. The monoisotopic (exact) mass is 360 g/mol. The highest BCUT2D eigenvalue weighted by atomic mass is 16.5. The lowest BCUT2D eigenvalue weighted by atomic mass is 9.90. The zero-order chi connectivity index (χ0) is 19.0. The molecular formula is C20H24O6. The number of methoxy groups -OCH3 is 3. The molecule has 0 aliphatic carbocycles. The number of fused-ring (bicyclic) bond motifs is 2. The van der Waals surface area contributed by atoms with E-state index in [0.29, 0.717) is 34.8 Å². The quantitative estimate of drug-likeness (QED) is 0.610.